The molecular weight excluding hydrogens is 481 g/mol. The zero-order chi connectivity index (χ0) is 25.2. The summed E-state index contributed by atoms with van der Waals surface area (Å²) >= 11 is 5.89. The van der Waals surface area contributed by atoms with E-state index >= 15 is 0 Å². The number of rotatable bonds is 4. The van der Waals surface area contributed by atoms with E-state index in [4.69, 9.17) is 11.6 Å². The monoisotopic (exact) mass is 505 g/mol. The molecule has 1 aliphatic heterocycles. The van der Waals surface area contributed by atoms with Crippen LogP contribution in [0.3, 0.4) is 0 Å². The Balaban J connectivity index is 1.25. The Morgan fingerprint density at radius 1 is 1.17 bits per heavy atom. The maximum atomic E-state index is 13.9. The van der Waals surface area contributed by atoms with Gasteiger partial charge in [-0.05, 0) is 43.5 Å². The van der Waals surface area contributed by atoms with Gasteiger partial charge >= 0.3 is 0 Å². The first-order valence-electron chi connectivity index (χ1n) is 12.0. The van der Waals surface area contributed by atoms with Crippen molar-refractivity contribution in [3.05, 3.63) is 87.1 Å². The Kier molecular flexibility index (Phi) is 5.19. The van der Waals surface area contributed by atoms with Crippen LogP contribution in [0.2, 0.25) is 5.02 Å². The third-order valence-corrected chi connectivity index (χ3v) is 7.86. The van der Waals surface area contributed by atoms with Crippen LogP contribution in [-0.2, 0) is 18.5 Å². The van der Waals surface area contributed by atoms with Crippen LogP contribution >= 0.6 is 11.6 Å². The lowest BCUT2D eigenvalue weighted by molar-refractivity contribution is 0.0681. The largest absolute Gasteiger partial charge is 0.350 e. The van der Waals surface area contributed by atoms with Crippen LogP contribution in [0.15, 0.2) is 42.5 Å². The van der Waals surface area contributed by atoms with Crippen LogP contribution in [0.25, 0.3) is 10.9 Å². The first-order chi connectivity index (χ1) is 17.3. The number of aromatic amines is 2. The number of H-pyrrole nitrogens is 2. The number of nitrogens with one attached hydrogen (secondary N) is 2. The first-order valence-corrected chi connectivity index (χ1v) is 12.3. The predicted octanol–water partition coefficient (Wildman–Crippen LogP) is 4.95. The van der Waals surface area contributed by atoms with Gasteiger partial charge in [0.25, 0.3) is 11.8 Å². The van der Waals surface area contributed by atoms with Gasteiger partial charge in [0.15, 0.2) is 0 Å². The Labute approximate surface area is 212 Å². The number of aryl methyl sites for hydroxylation is 1. The van der Waals surface area contributed by atoms with Gasteiger partial charge in [-0.15, -0.1) is 0 Å². The van der Waals surface area contributed by atoms with E-state index in [1.807, 2.05) is 18.9 Å². The van der Waals surface area contributed by atoms with Gasteiger partial charge in [0.1, 0.15) is 17.2 Å². The lowest BCUT2D eigenvalue weighted by Gasteiger charge is -2.30. The van der Waals surface area contributed by atoms with Gasteiger partial charge in [-0.1, -0.05) is 41.4 Å². The Bertz CT molecular complexity index is 1480. The summed E-state index contributed by atoms with van der Waals surface area (Å²) < 4.78 is 13.9. The average molecular weight is 506 g/mol. The van der Waals surface area contributed by atoms with E-state index in [9.17, 15) is 14.0 Å². The molecule has 1 aliphatic carbocycles. The molecule has 2 amide bonds. The number of carbonyl (C=O) groups excluding carboxylic acids is 2. The average Bonchev–Trinajstić information content (AvgIpc) is 3.42. The summed E-state index contributed by atoms with van der Waals surface area (Å²) in [6.45, 7) is 2.78. The Hall–Kier alpha value is -3.65. The van der Waals surface area contributed by atoms with Crippen molar-refractivity contribution in [3.63, 3.8) is 0 Å². The maximum absolute atomic E-state index is 13.9. The van der Waals surface area contributed by atoms with E-state index < -0.39 is 5.82 Å². The summed E-state index contributed by atoms with van der Waals surface area (Å²) in [5.74, 6) is -0.888. The summed E-state index contributed by atoms with van der Waals surface area (Å²) in [7, 11) is 1.84. The van der Waals surface area contributed by atoms with Crippen molar-refractivity contribution in [2.45, 2.75) is 38.3 Å². The molecule has 36 heavy (non-hydrogen) atoms. The molecule has 1 fully saturated rings. The molecule has 2 N–H and O–H groups in total. The number of hydrogen-bond acceptors (Lipinski definition) is 3. The van der Waals surface area contributed by atoms with E-state index in [1.165, 1.54) is 17.7 Å². The van der Waals surface area contributed by atoms with Crippen LogP contribution in [0.1, 0.15) is 56.2 Å². The minimum Gasteiger partial charge on any atom is -0.350 e. The smallest absolute Gasteiger partial charge is 0.272 e. The van der Waals surface area contributed by atoms with E-state index in [0.717, 1.165) is 29.7 Å². The fourth-order valence-electron chi connectivity index (χ4n) is 5.21. The van der Waals surface area contributed by atoms with Gasteiger partial charge in [-0.25, -0.2) is 4.39 Å². The molecule has 0 radical (unpaired) electrons. The minimum absolute atomic E-state index is 0.00398. The molecule has 184 valence electrons. The van der Waals surface area contributed by atoms with Crippen molar-refractivity contribution >= 4 is 34.3 Å². The van der Waals surface area contributed by atoms with Crippen LogP contribution in [-0.4, -0.2) is 50.4 Å². The van der Waals surface area contributed by atoms with Gasteiger partial charge in [0, 0.05) is 36.5 Å². The Morgan fingerprint density at radius 3 is 2.64 bits per heavy atom. The molecule has 3 heterocycles. The van der Waals surface area contributed by atoms with E-state index in [0.29, 0.717) is 35.3 Å². The summed E-state index contributed by atoms with van der Waals surface area (Å²) in [5, 5.41) is 7.91. The van der Waals surface area contributed by atoms with Crippen LogP contribution in [0.4, 0.5) is 4.39 Å². The highest BCUT2D eigenvalue weighted by molar-refractivity contribution is 6.31. The van der Waals surface area contributed by atoms with Crippen LogP contribution < -0.4 is 0 Å². The normalized spacial score (nSPS) is 16.2. The zero-order valence-electron chi connectivity index (χ0n) is 20.0. The molecule has 0 bridgehead atoms. The highest BCUT2D eigenvalue weighted by Gasteiger charge is 2.50. The topological polar surface area (TPSA) is 85.1 Å². The molecule has 2 aromatic heterocycles. The highest BCUT2D eigenvalue weighted by atomic mass is 35.5. The molecule has 7 nitrogen and oxygen atoms in total. The van der Waals surface area contributed by atoms with Crippen molar-refractivity contribution in [2.24, 2.45) is 0 Å². The van der Waals surface area contributed by atoms with Crippen molar-refractivity contribution < 1.29 is 14.0 Å². The fourth-order valence-corrected chi connectivity index (χ4v) is 5.38. The SMILES string of the molecule is Cc1ccc(C2(N(C)C(=O)c3[nH]nc4c3CN(C(=O)c3cc5cc(F)c(Cl)cc5[nH]3)CC4)CC2)cc1. The fraction of sp³-hybridized carbons (Fsp3) is 0.296. The third-order valence-electron chi connectivity index (χ3n) is 7.57. The number of amides is 2. The second-order valence-electron chi connectivity index (χ2n) is 9.80. The lowest BCUT2D eigenvalue weighted by Crippen LogP contribution is -2.39. The second-order valence-corrected chi connectivity index (χ2v) is 10.2. The molecule has 2 aliphatic rings. The molecule has 0 spiro atoms. The third kappa shape index (κ3) is 3.59. The molecule has 1 saturated carbocycles. The van der Waals surface area contributed by atoms with Crippen LogP contribution in [0.5, 0.6) is 0 Å². The summed E-state index contributed by atoms with van der Waals surface area (Å²) in [4.78, 5) is 33.5. The highest BCUT2D eigenvalue weighted by Crippen LogP contribution is 2.51. The van der Waals surface area contributed by atoms with Gasteiger partial charge < -0.3 is 14.8 Å². The number of carbonyl (C=O) groups is 2. The van der Waals surface area contributed by atoms with E-state index in [-0.39, 0.29) is 28.9 Å². The van der Waals surface area contributed by atoms with Gasteiger partial charge in [-0.3, -0.25) is 14.7 Å². The lowest BCUT2D eigenvalue weighted by atomic mass is 10.00. The molecule has 4 aromatic rings. The number of benzene rings is 2. The van der Waals surface area contributed by atoms with E-state index in [1.54, 1.807) is 11.0 Å². The van der Waals surface area contributed by atoms with Crippen molar-refractivity contribution in [1.29, 1.82) is 0 Å². The minimum atomic E-state index is -0.533. The summed E-state index contributed by atoms with van der Waals surface area (Å²) in [5.41, 5.74) is 4.91. The quantitative estimate of drug-likeness (QED) is 0.411. The number of aromatic nitrogens is 3. The van der Waals surface area contributed by atoms with Gasteiger partial charge in [0.05, 0.1) is 22.8 Å². The molecule has 0 unspecified atom stereocenters. The first kappa shape index (κ1) is 22.8. The summed E-state index contributed by atoms with van der Waals surface area (Å²) in [6.07, 6.45) is 2.35. The molecule has 9 heteroatoms. The molecule has 2 aromatic carbocycles. The number of hydrogen-bond donors (Lipinski definition) is 2. The Morgan fingerprint density at radius 2 is 1.92 bits per heavy atom. The van der Waals surface area contributed by atoms with E-state index in [2.05, 4.69) is 39.4 Å². The van der Waals surface area contributed by atoms with Crippen molar-refractivity contribution in [3.8, 4) is 0 Å². The number of fused-ring (bicyclic) bond motifs is 2. The molecule has 0 saturated heterocycles. The predicted molar refractivity (Wildman–Crippen MR) is 134 cm³/mol. The molecule has 0 atom stereocenters. The summed E-state index contributed by atoms with van der Waals surface area (Å²) in [6, 6.07) is 12.7. The second kappa shape index (κ2) is 8.20. The maximum Gasteiger partial charge on any atom is 0.272 e. The number of halogens is 2. The van der Waals surface area contributed by atoms with Gasteiger partial charge in [-0.2, -0.15) is 5.10 Å². The van der Waals surface area contributed by atoms with Crippen molar-refractivity contribution in [2.75, 3.05) is 13.6 Å². The molecule has 6 rings (SSSR count). The number of nitrogens with zero attached hydrogens (tertiary/aromatic N) is 3. The van der Waals surface area contributed by atoms with Crippen molar-refractivity contribution in [1.82, 2.24) is 25.0 Å². The molecular formula is C27H25ClFN5O2. The van der Waals surface area contributed by atoms with Gasteiger partial charge in [0.2, 0.25) is 0 Å². The zero-order valence-corrected chi connectivity index (χ0v) is 20.7. The van der Waals surface area contributed by atoms with Crippen LogP contribution in [0, 0.1) is 12.7 Å². The standard InChI is InChI=1S/C27H25ClFN5O2/c1-15-3-5-17(6-4-15)27(8-9-27)33(2)26(36)24-18-14-34(10-7-21(18)31-32-24)25(35)23-12-16-11-20(29)19(28)13-22(16)30-23/h3-6,11-13,30H,7-10,14H2,1-2H3,(H,31,32).